The molecule has 0 bridgehead atoms. The van der Waals surface area contributed by atoms with E-state index in [1.165, 1.54) is 11.3 Å². The summed E-state index contributed by atoms with van der Waals surface area (Å²) in [5, 5.41) is 26.1. The van der Waals surface area contributed by atoms with Gasteiger partial charge in [0.15, 0.2) is 0 Å². The van der Waals surface area contributed by atoms with E-state index in [0.29, 0.717) is 30.1 Å². The van der Waals surface area contributed by atoms with Gasteiger partial charge in [0.2, 0.25) is 0 Å². The number of aliphatic carboxylic acids is 1. The Morgan fingerprint density at radius 2 is 1.96 bits per heavy atom. The van der Waals surface area contributed by atoms with Crippen LogP contribution in [0.1, 0.15) is 66.5 Å². The minimum atomic E-state index is -0.844. The van der Waals surface area contributed by atoms with Crippen LogP contribution < -0.4 is 20.3 Å². The summed E-state index contributed by atoms with van der Waals surface area (Å²) < 4.78 is 5.59. The first-order valence-corrected chi connectivity index (χ1v) is 16.9. The van der Waals surface area contributed by atoms with Crippen LogP contribution in [0, 0.1) is 17.2 Å². The summed E-state index contributed by atoms with van der Waals surface area (Å²) in [6, 6.07) is 19.9. The number of carboxylic acid groups (broad SMARTS) is 1. The minimum absolute atomic E-state index is 0.261. The third-order valence-corrected chi connectivity index (χ3v) is 9.64. The monoisotopic (exact) mass is 645 g/mol. The zero-order valence-corrected chi connectivity index (χ0v) is 27.7. The number of carbonyl (C=O) groups is 1. The van der Waals surface area contributed by atoms with Gasteiger partial charge in [0, 0.05) is 48.9 Å². The number of hydrogen-bond acceptors (Lipinski definition) is 9. The van der Waals surface area contributed by atoms with Crippen LogP contribution >= 0.6 is 0 Å². The van der Waals surface area contributed by atoms with E-state index in [9.17, 15) is 9.90 Å². The van der Waals surface area contributed by atoms with Gasteiger partial charge in [-0.3, -0.25) is 4.79 Å². The van der Waals surface area contributed by atoms with Gasteiger partial charge in [0.25, 0.3) is 0 Å². The quantitative estimate of drug-likeness (QED) is 0.157. The molecule has 2 aliphatic heterocycles. The van der Waals surface area contributed by atoms with Crippen LogP contribution in [-0.2, 0) is 24.1 Å². The van der Waals surface area contributed by atoms with Gasteiger partial charge >= 0.3 is 5.97 Å². The number of rotatable bonds is 12. The summed E-state index contributed by atoms with van der Waals surface area (Å²) in [6.45, 7) is 5.10. The molecule has 0 aliphatic carbocycles. The lowest BCUT2D eigenvalue weighted by Gasteiger charge is -2.34. The van der Waals surface area contributed by atoms with E-state index in [2.05, 4.69) is 45.6 Å². The maximum Gasteiger partial charge on any atom is 0.308 e. The molecule has 10 heteroatoms. The summed E-state index contributed by atoms with van der Waals surface area (Å²) in [4.78, 5) is 28.9. The molecule has 10 nitrogen and oxygen atoms in total. The van der Waals surface area contributed by atoms with Crippen LogP contribution in [0.5, 0.6) is 5.75 Å². The molecule has 0 radical (unpaired) electrons. The summed E-state index contributed by atoms with van der Waals surface area (Å²) in [6.07, 6.45) is 7.62. The summed E-state index contributed by atoms with van der Waals surface area (Å²) in [5.41, 5.74) is 6.95. The lowest BCUT2D eigenvalue weighted by atomic mass is 9.92. The number of ether oxygens (including phenoxy) is 1. The first-order valence-electron chi connectivity index (χ1n) is 16.9. The highest BCUT2D eigenvalue weighted by Crippen LogP contribution is 2.34. The molecule has 1 fully saturated rings. The summed E-state index contributed by atoms with van der Waals surface area (Å²) in [7, 11) is 1.63. The van der Waals surface area contributed by atoms with Crippen LogP contribution in [0.2, 0.25) is 0 Å². The fourth-order valence-corrected chi connectivity index (χ4v) is 6.85. The first kappa shape index (κ1) is 32.8. The second-order valence-electron chi connectivity index (χ2n) is 12.6. The number of methoxy groups -OCH3 is 1. The van der Waals surface area contributed by atoms with E-state index in [0.717, 1.165) is 91.4 Å². The van der Waals surface area contributed by atoms with Crippen molar-refractivity contribution in [3.63, 3.8) is 0 Å². The molecule has 1 atom stereocenters. The van der Waals surface area contributed by atoms with E-state index in [1.54, 1.807) is 25.6 Å². The fraction of sp³-hybridized carbons (Fsp3) is 0.395. The highest BCUT2D eigenvalue weighted by atomic mass is 16.5. The Labute approximate surface area is 282 Å². The van der Waals surface area contributed by atoms with Crippen LogP contribution in [0.3, 0.4) is 0 Å². The molecule has 248 valence electrons. The standard InChI is InChI=1S/C38H43N7O3/c1-3-31-36(42-24-43-37(31)45-19-16-28(17-20-45)33-14-13-29-5-4-18-40-35(29)44-33)41-23-30(38(46)47)12-6-25-9-15-34(48-2)32(21-25)27-10-7-26(22-39)8-11-27/h7-11,13-15,21,24,28,30H,3-6,12,16-20,23H2,1-2H3,(H,40,44)(H,46,47)(H,41,42,43)/t30-/m0/s1. The number of nitrogens with one attached hydrogen (secondary N) is 2. The molecule has 6 rings (SSSR count). The van der Waals surface area contributed by atoms with Crippen molar-refractivity contribution in [1.82, 2.24) is 15.0 Å². The molecular formula is C38H43N7O3. The van der Waals surface area contributed by atoms with Crippen molar-refractivity contribution in [2.24, 2.45) is 5.92 Å². The number of pyridine rings is 1. The van der Waals surface area contributed by atoms with Crippen LogP contribution in [-0.4, -0.2) is 59.3 Å². The van der Waals surface area contributed by atoms with Crippen molar-refractivity contribution in [1.29, 1.82) is 5.26 Å². The van der Waals surface area contributed by atoms with Crippen molar-refractivity contribution >= 4 is 23.4 Å². The van der Waals surface area contributed by atoms with Gasteiger partial charge in [-0.2, -0.15) is 5.26 Å². The second-order valence-corrected chi connectivity index (χ2v) is 12.6. The van der Waals surface area contributed by atoms with Crippen molar-refractivity contribution in [2.45, 2.75) is 57.8 Å². The third-order valence-electron chi connectivity index (χ3n) is 9.64. The number of piperidine rings is 1. The molecule has 0 amide bonds. The van der Waals surface area contributed by atoms with E-state index >= 15 is 0 Å². The number of anilines is 3. The van der Waals surface area contributed by atoms with Gasteiger partial charge in [0.05, 0.1) is 24.7 Å². The number of aromatic nitrogens is 3. The second kappa shape index (κ2) is 15.2. The van der Waals surface area contributed by atoms with Gasteiger partial charge in [0.1, 0.15) is 29.5 Å². The van der Waals surface area contributed by atoms with Crippen molar-refractivity contribution in [2.75, 3.05) is 48.8 Å². The maximum atomic E-state index is 12.4. The van der Waals surface area contributed by atoms with E-state index in [-0.39, 0.29) is 6.54 Å². The predicted molar refractivity (Wildman–Crippen MR) is 188 cm³/mol. The molecule has 4 heterocycles. The normalized spacial score (nSPS) is 15.1. The smallest absolute Gasteiger partial charge is 0.308 e. The minimum Gasteiger partial charge on any atom is -0.496 e. The molecule has 0 saturated carbocycles. The molecule has 4 aromatic rings. The average molecular weight is 646 g/mol. The Kier molecular flexibility index (Phi) is 10.3. The number of carboxylic acids is 1. The predicted octanol–water partition coefficient (Wildman–Crippen LogP) is 6.47. The molecule has 2 aromatic carbocycles. The number of fused-ring (bicyclic) bond motifs is 1. The van der Waals surface area contributed by atoms with E-state index < -0.39 is 11.9 Å². The van der Waals surface area contributed by atoms with Gasteiger partial charge in [-0.25, -0.2) is 15.0 Å². The highest BCUT2D eigenvalue weighted by Gasteiger charge is 2.26. The lowest BCUT2D eigenvalue weighted by molar-refractivity contribution is -0.141. The SMILES string of the molecule is CCc1c(NC[C@H](CCc2ccc(OC)c(-c3ccc(C#N)cc3)c2)C(=O)O)ncnc1N1CCC(c2ccc3c(n2)NCCC3)CC1. The van der Waals surface area contributed by atoms with Crippen molar-refractivity contribution in [3.05, 3.63) is 88.9 Å². The molecule has 0 unspecified atom stereocenters. The Morgan fingerprint density at radius 3 is 2.69 bits per heavy atom. The Bertz CT molecular complexity index is 1780. The average Bonchev–Trinajstić information content (AvgIpc) is 3.14. The Morgan fingerprint density at radius 1 is 1.15 bits per heavy atom. The van der Waals surface area contributed by atoms with Crippen LogP contribution in [0.25, 0.3) is 11.1 Å². The molecule has 2 aromatic heterocycles. The van der Waals surface area contributed by atoms with Gasteiger partial charge in [-0.1, -0.05) is 31.2 Å². The Balaban J connectivity index is 1.09. The topological polar surface area (TPSA) is 136 Å². The number of hydrogen-bond donors (Lipinski definition) is 3. The third kappa shape index (κ3) is 7.36. The van der Waals surface area contributed by atoms with Crippen LogP contribution in [0.15, 0.2) is 60.9 Å². The highest BCUT2D eigenvalue weighted by molar-refractivity contribution is 5.73. The Hall–Kier alpha value is -5.17. The number of nitrogens with zero attached hydrogens (tertiary/aromatic N) is 5. The zero-order valence-electron chi connectivity index (χ0n) is 27.7. The van der Waals surface area contributed by atoms with Gasteiger partial charge < -0.3 is 25.4 Å². The van der Waals surface area contributed by atoms with E-state index in [4.69, 9.17) is 20.0 Å². The molecule has 2 aliphatic rings. The van der Waals surface area contributed by atoms with Crippen molar-refractivity contribution < 1.29 is 14.6 Å². The van der Waals surface area contributed by atoms with E-state index in [1.807, 2.05) is 30.3 Å². The molecule has 1 saturated heterocycles. The number of benzene rings is 2. The fourth-order valence-electron chi connectivity index (χ4n) is 6.85. The summed E-state index contributed by atoms with van der Waals surface area (Å²) in [5.74, 6) is 2.37. The lowest BCUT2D eigenvalue weighted by Crippen LogP contribution is -2.35. The number of aryl methyl sites for hydroxylation is 2. The van der Waals surface area contributed by atoms with Crippen molar-refractivity contribution in [3.8, 4) is 22.9 Å². The molecule has 48 heavy (non-hydrogen) atoms. The largest absolute Gasteiger partial charge is 0.496 e. The molecular weight excluding hydrogens is 602 g/mol. The zero-order chi connectivity index (χ0) is 33.5. The van der Waals surface area contributed by atoms with Gasteiger partial charge in [-0.05, 0) is 92.0 Å². The summed E-state index contributed by atoms with van der Waals surface area (Å²) >= 11 is 0. The number of nitriles is 1. The van der Waals surface area contributed by atoms with Gasteiger partial charge in [-0.15, -0.1) is 0 Å². The first-order chi connectivity index (χ1) is 23.5. The molecule has 0 spiro atoms. The van der Waals surface area contributed by atoms with Crippen LogP contribution in [0.4, 0.5) is 17.5 Å². The molecule has 3 N–H and O–H groups in total. The maximum absolute atomic E-state index is 12.4.